The highest BCUT2D eigenvalue weighted by atomic mass is 31.2. The zero-order valence-corrected chi connectivity index (χ0v) is 10.8. The number of ether oxygens (including phenoxy) is 2. The van der Waals surface area contributed by atoms with Gasteiger partial charge in [0.15, 0.2) is 0 Å². The molecule has 0 aliphatic heterocycles. The van der Waals surface area contributed by atoms with Gasteiger partial charge in [-0.3, -0.25) is 4.57 Å². The van der Waals surface area contributed by atoms with Crippen molar-refractivity contribution in [3.63, 3.8) is 0 Å². The van der Waals surface area contributed by atoms with Crippen LogP contribution in [-0.4, -0.2) is 36.8 Å². The zero-order chi connectivity index (χ0) is 11.9. The number of aliphatic hydroxyl groups is 1. The third kappa shape index (κ3) is 3.54. The minimum atomic E-state index is -3.34. The van der Waals surface area contributed by atoms with Gasteiger partial charge in [0, 0.05) is 13.2 Å². The third-order valence-electron chi connectivity index (χ3n) is 1.97. The summed E-state index contributed by atoms with van der Waals surface area (Å²) in [5.74, 6) is 0. The van der Waals surface area contributed by atoms with Crippen LogP contribution in [-0.2, 0) is 18.6 Å². The topological polar surface area (TPSA) is 65.0 Å². The molecule has 0 radical (unpaired) electrons. The third-order valence-corrected chi connectivity index (χ3v) is 4.51. The van der Waals surface area contributed by atoms with Gasteiger partial charge in [0.05, 0.1) is 6.61 Å². The molecular weight excluding hydrogens is 219 g/mol. The molecule has 0 fully saturated rings. The van der Waals surface area contributed by atoms with E-state index in [1.54, 1.807) is 20.8 Å². The van der Waals surface area contributed by atoms with Gasteiger partial charge in [-0.15, -0.1) is 0 Å². The lowest BCUT2D eigenvalue weighted by atomic mass is 10.7. The molecule has 0 aromatic carbocycles. The minimum Gasteiger partial charge on any atom is -0.386 e. The van der Waals surface area contributed by atoms with Gasteiger partial charge in [0.1, 0.15) is 6.35 Å². The summed E-state index contributed by atoms with van der Waals surface area (Å²) in [4.78, 5) is 0. The lowest BCUT2D eigenvalue weighted by Gasteiger charge is -2.34. The molecule has 0 amide bonds. The Balaban J connectivity index is 4.91. The van der Waals surface area contributed by atoms with Crippen molar-refractivity contribution in [3.05, 3.63) is 0 Å². The SMILES string of the molecule is CCOC(C)(OCC)P(=O)(CO)OCC. The van der Waals surface area contributed by atoms with E-state index in [4.69, 9.17) is 19.1 Å². The first-order valence-corrected chi connectivity index (χ1v) is 6.93. The molecule has 1 atom stereocenters. The minimum absolute atomic E-state index is 0.244. The van der Waals surface area contributed by atoms with Gasteiger partial charge in [-0.05, 0) is 27.7 Å². The highest BCUT2D eigenvalue weighted by Crippen LogP contribution is 2.59. The lowest BCUT2D eigenvalue weighted by Crippen LogP contribution is -2.34. The van der Waals surface area contributed by atoms with Crippen molar-refractivity contribution in [1.29, 1.82) is 0 Å². The summed E-state index contributed by atoms with van der Waals surface area (Å²) in [6.07, 6.45) is -0.586. The second-order valence-corrected chi connectivity index (χ2v) is 5.70. The van der Waals surface area contributed by atoms with Gasteiger partial charge >= 0.3 is 0 Å². The average molecular weight is 240 g/mol. The number of hydrogen-bond acceptors (Lipinski definition) is 5. The fraction of sp³-hybridized carbons (Fsp3) is 1.00. The summed E-state index contributed by atoms with van der Waals surface area (Å²) >= 11 is 0. The Hall–Kier alpha value is 0.0700. The van der Waals surface area contributed by atoms with E-state index in [1.807, 2.05) is 0 Å². The number of hydrogen-bond donors (Lipinski definition) is 1. The Bertz CT molecular complexity index is 213. The van der Waals surface area contributed by atoms with Crippen molar-refractivity contribution in [2.24, 2.45) is 0 Å². The molecular formula is C9H21O5P. The maximum absolute atomic E-state index is 12.3. The molecule has 15 heavy (non-hydrogen) atoms. The van der Waals surface area contributed by atoms with E-state index in [-0.39, 0.29) is 6.61 Å². The van der Waals surface area contributed by atoms with E-state index in [9.17, 15) is 4.57 Å². The van der Waals surface area contributed by atoms with Crippen LogP contribution in [0.5, 0.6) is 0 Å². The number of rotatable bonds is 8. The van der Waals surface area contributed by atoms with Crippen molar-refractivity contribution in [2.75, 3.05) is 26.2 Å². The molecule has 0 spiro atoms. The predicted molar refractivity (Wildman–Crippen MR) is 58.0 cm³/mol. The van der Waals surface area contributed by atoms with Crippen LogP contribution in [0.4, 0.5) is 0 Å². The maximum Gasteiger partial charge on any atom is 0.284 e. The monoisotopic (exact) mass is 240 g/mol. The highest BCUT2D eigenvalue weighted by molar-refractivity contribution is 7.60. The molecule has 92 valence electrons. The molecule has 1 unspecified atom stereocenters. The molecule has 0 rings (SSSR count). The van der Waals surface area contributed by atoms with Gasteiger partial charge in [0.2, 0.25) is 5.53 Å². The average Bonchev–Trinajstić information content (AvgIpc) is 2.18. The van der Waals surface area contributed by atoms with Gasteiger partial charge in [-0.25, -0.2) is 0 Å². The summed E-state index contributed by atoms with van der Waals surface area (Å²) in [5, 5.41) is 9.16. The Morgan fingerprint density at radius 2 is 1.60 bits per heavy atom. The largest absolute Gasteiger partial charge is 0.386 e. The fourth-order valence-corrected chi connectivity index (χ4v) is 2.91. The second kappa shape index (κ2) is 6.61. The van der Waals surface area contributed by atoms with Crippen LogP contribution in [0.2, 0.25) is 0 Å². The summed E-state index contributed by atoms with van der Waals surface area (Å²) in [7, 11) is -3.34. The van der Waals surface area contributed by atoms with E-state index >= 15 is 0 Å². The van der Waals surface area contributed by atoms with E-state index in [2.05, 4.69) is 0 Å². The van der Waals surface area contributed by atoms with Gasteiger partial charge in [-0.2, -0.15) is 0 Å². The molecule has 0 saturated heterocycles. The normalized spacial score (nSPS) is 16.3. The van der Waals surface area contributed by atoms with Crippen LogP contribution >= 0.6 is 7.37 Å². The summed E-state index contributed by atoms with van der Waals surface area (Å²) in [6, 6.07) is 0. The number of aliphatic hydroxyl groups excluding tert-OH is 1. The van der Waals surface area contributed by atoms with Crippen molar-refractivity contribution in [1.82, 2.24) is 0 Å². The van der Waals surface area contributed by atoms with Crippen LogP contribution in [0, 0.1) is 0 Å². The quantitative estimate of drug-likeness (QED) is 0.519. The predicted octanol–water partition coefficient (Wildman–Crippen LogP) is 2.00. The molecule has 0 aromatic heterocycles. The van der Waals surface area contributed by atoms with Crippen LogP contribution in [0.3, 0.4) is 0 Å². The van der Waals surface area contributed by atoms with Crippen molar-refractivity contribution < 1.29 is 23.7 Å². The van der Waals surface area contributed by atoms with Gasteiger partial charge in [0.25, 0.3) is 7.37 Å². The maximum atomic E-state index is 12.3. The summed E-state index contributed by atoms with van der Waals surface area (Å²) in [6.45, 7) is 7.71. The molecule has 0 saturated carbocycles. The molecule has 6 heteroatoms. The van der Waals surface area contributed by atoms with Crippen LogP contribution in [0.25, 0.3) is 0 Å². The van der Waals surface area contributed by atoms with E-state index in [0.29, 0.717) is 13.2 Å². The van der Waals surface area contributed by atoms with Gasteiger partial charge in [-0.1, -0.05) is 0 Å². The van der Waals surface area contributed by atoms with Crippen LogP contribution in [0.1, 0.15) is 27.7 Å². The molecule has 1 N–H and O–H groups in total. The Morgan fingerprint density at radius 3 is 1.87 bits per heavy atom. The standard InChI is InChI=1S/C9H21O5P/c1-5-12-9(4,13-6-2)15(11,8-10)14-7-3/h10H,5-8H2,1-4H3. The Morgan fingerprint density at radius 1 is 1.13 bits per heavy atom. The first kappa shape index (κ1) is 15.1. The molecule has 0 aliphatic carbocycles. The summed E-state index contributed by atoms with van der Waals surface area (Å²) in [5.41, 5.74) is -1.36. The smallest absolute Gasteiger partial charge is 0.284 e. The van der Waals surface area contributed by atoms with E-state index < -0.39 is 19.2 Å². The molecule has 0 heterocycles. The first-order valence-electron chi connectivity index (χ1n) is 5.12. The molecule has 0 aliphatic rings. The Labute approximate surface area is 91.2 Å². The van der Waals surface area contributed by atoms with Crippen molar-refractivity contribution in [2.45, 2.75) is 33.2 Å². The second-order valence-electron chi connectivity index (χ2n) is 3.00. The fourth-order valence-electron chi connectivity index (χ4n) is 1.27. The summed E-state index contributed by atoms with van der Waals surface area (Å²) < 4.78 is 28.0. The lowest BCUT2D eigenvalue weighted by molar-refractivity contribution is -0.169. The molecule has 5 nitrogen and oxygen atoms in total. The van der Waals surface area contributed by atoms with Crippen molar-refractivity contribution in [3.8, 4) is 0 Å². The van der Waals surface area contributed by atoms with E-state index in [0.717, 1.165) is 0 Å². The van der Waals surface area contributed by atoms with Crippen LogP contribution < -0.4 is 0 Å². The van der Waals surface area contributed by atoms with Crippen molar-refractivity contribution >= 4 is 7.37 Å². The Kier molecular flexibility index (Phi) is 6.64. The highest BCUT2D eigenvalue weighted by Gasteiger charge is 2.47. The van der Waals surface area contributed by atoms with E-state index in [1.165, 1.54) is 6.92 Å². The molecule has 0 bridgehead atoms. The zero-order valence-electron chi connectivity index (χ0n) is 9.86. The van der Waals surface area contributed by atoms with Gasteiger partial charge < -0.3 is 19.1 Å². The molecule has 0 aromatic rings. The van der Waals surface area contributed by atoms with Crippen LogP contribution in [0.15, 0.2) is 0 Å². The first-order chi connectivity index (χ1) is 6.99.